The summed E-state index contributed by atoms with van der Waals surface area (Å²) in [5, 5.41) is 1.08. The van der Waals surface area contributed by atoms with Crippen LogP contribution < -0.4 is 15.2 Å². The number of fused-ring (bicyclic) bond motifs is 1. The van der Waals surface area contributed by atoms with Crippen LogP contribution in [0, 0.1) is 0 Å². The van der Waals surface area contributed by atoms with Crippen LogP contribution in [0.5, 0.6) is 17.4 Å². The number of pyridine rings is 1. The molecular formula is C20H21BrN2O2. The molecule has 0 saturated carbocycles. The van der Waals surface area contributed by atoms with Gasteiger partial charge in [-0.05, 0) is 84.7 Å². The van der Waals surface area contributed by atoms with Crippen LogP contribution in [0.2, 0.25) is 0 Å². The highest BCUT2D eigenvalue weighted by atomic mass is 79.9. The number of hydrogen-bond donors (Lipinski definition) is 1. The van der Waals surface area contributed by atoms with Crippen LogP contribution >= 0.6 is 15.9 Å². The average molecular weight is 401 g/mol. The molecule has 0 radical (unpaired) electrons. The Labute approximate surface area is 156 Å². The van der Waals surface area contributed by atoms with E-state index in [4.69, 9.17) is 15.2 Å². The first-order chi connectivity index (χ1) is 12.0. The molecule has 3 aromatic rings. The first-order valence-electron chi connectivity index (χ1n) is 8.29. The highest BCUT2D eigenvalue weighted by Gasteiger charge is 2.08. The minimum absolute atomic E-state index is 0.130. The smallest absolute Gasteiger partial charge is 0.219 e. The molecule has 0 bridgehead atoms. The molecule has 4 nitrogen and oxygen atoms in total. The van der Waals surface area contributed by atoms with E-state index in [1.807, 2.05) is 50.2 Å². The summed E-state index contributed by atoms with van der Waals surface area (Å²) in [5.41, 5.74) is 7.73. The molecule has 0 unspecified atom stereocenters. The molecule has 0 spiro atoms. The minimum atomic E-state index is 0.130. The Morgan fingerprint density at radius 3 is 2.64 bits per heavy atom. The van der Waals surface area contributed by atoms with Crippen LogP contribution in [0.3, 0.4) is 0 Å². The minimum Gasteiger partial charge on any atom is -0.491 e. The Kier molecular flexibility index (Phi) is 5.56. The Bertz CT molecular complexity index is 881. The molecule has 2 aromatic carbocycles. The van der Waals surface area contributed by atoms with Gasteiger partial charge in [-0.25, -0.2) is 4.98 Å². The first-order valence-corrected chi connectivity index (χ1v) is 9.08. The summed E-state index contributed by atoms with van der Waals surface area (Å²) in [4.78, 5) is 4.58. The van der Waals surface area contributed by atoms with Crippen molar-refractivity contribution in [1.82, 2.24) is 4.98 Å². The van der Waals surface area contributed by atoms with E-state index in [1.54, 1.807) is 0 Å². The van der Waals surface area contributed by atoms with Crippen LogP contribution in [-0.4, -0.2) is 17.6 Å². The van der Waals surface area contributed by atoms with Crippen molar-refractivity contribution in [1.29, 1.82) is 0 Å². The topological polar surface area (TPSA) is 57.4 Å². The summed E-state index contributed by atoms with van der Waals surface area (Å²) in [6.07, 6.45) is 0.997. The number of nitrogens with zero attached hydrogens (tertiary/aromatic N) is 1. The second-order valence-corrected chi connectivity index (χ2v) is 6.93. The van der Waals surface area contributed by atoms with Gasteiger partial charge in [0.1, 0.15) is 11.5 Å². The average Bonchev–Trinajstić information content (AvgIpc) is 2.57. The van der Waals surface area contributed by atoms with Gasteiger partial charge in [0.2, 0.25) is 5.88 Å². The lowest BCUT2D eigenvalue weighted by molar-refractivity contribution is 0.242. The van der Waals surface area contributed by atoms with E-state index in [1.165, 1.54) is 5.56 Å². The van der Waals surface area contributed by atoms with E-state index in [2.05, 4.69) is 33.0 Å². The van der Waals surface area contributed by atoms with Gasteiger partial charge in [0.25, 0.3) is 0 Å². The van der Waals surface area contributed by atoms with Gasteiger partial charge in [0.15, 0.2) is 0 Å². The van der Waals surface area contributed by atoms with Crippen molar-refractivity contribution < 1.29 is 9.47 Å². The van der Waals surface area contributed by atoms with Gasteiger partial charge in [0.05, 0.1) is 16.1 Å². The number of hydrogen-bond acceptors (Lipinski definition) is 4. The fourth-order valence-electron chi connectivity index (χ4n) is 2.56. The largest absolute Gasteiger partial charge is 0.491 e. The van der Waals surface area contributed by atoms with Crippen molar-refractivity contribution in [3.05, 3.63) is 58.6 Å². The summed E-state index contributed by atoms with van der Waals surface area (Å²) >= 11 is 3.53. The van der Waals surface area contributed by atoms with Gasteiger partial charge in [-0.2, -0.15) is 0 Å². The van der Waals surface area contributed by atoms with Gasteiger partial charge in [0, 0.05) is 11.5 Å². The van der Waals surface area contributed by atoms with Crippen molar-refractivity contribution in [2.75, 3.05) is 6.54 Å². The molecule has 2 N–H and O–H groups in total. The third-order valence-electron chi connectivity index (χ3n) is 3.65. The lowest BCUT2D eigenvalue weighted by Crippen LogP contribution is -2.05. The van der Waals surface area contributed by atoms with E-state index in [0.29, 0.717) is 18.2 Å². The molecule has 0 atom stereocenters. The van der Waals surface area contributed by atoms with E-state index < -0.39 is 0 Å². The molecule has 1 aromatic heterocycles. The lowest BCUT2D eigenvalue weighted by Gasteiger charge is -2.12. The Balaban J connectivity index is 1.81. The van der Waals surface area contributed by atoms with E-state index in [-0.39, 0.29) is 6.10 Å². The number of benzene rings is 2. The van der Waals surface area contributed by atoms with Gasteiger partial charge in [-0.3, -0.25) is 0 Å². The van der Waals surface area contributed by atoms with Crippen molar-refractivity contribution >= 4 is 26.8 Å². The van der Waals surface area contributed by atoms with Crippen molar-refractivity contribution in [3.63, 3.8) is 0 Å². The van der Waals surface area contributed by atoms with E-state index >= 15 is 0 Å². The first kappa shape index (κ1) is 17.7. The molecule has 0 saturated heterocycles. The fourth-order valence-corrected chi connectivity index (χ4v) is 3.00. The van der Waals surface area contributed by atoms with Crippen LogP contribution in [0.15, 0.2) is 53.0 Å². The predicted octanol–water partition coefficient (Wildman–Crippen LogP) is 5.08. The number of ether oxygens (including phenoxy) is 2. The van der Waals surface area contributed by atoms with Crippen molar-refractivity contribution in [3.8, 4) is 17.4 Å². The number of aromatic nitrogens is 1. The highest BCUT2D eigenvalue weighted by Crippen LogP contribution is 2.33. The van der Waals surface area contributed by atoms with Crippen LogP contribution in [0.1, 0.15) is 19.4 Å². The fraction of sp³-hybridized carbons (Fsp3) is 0.250. The number of halogens is 1. The zero-order chi connectivity index (χ0) is 17.8. The summed E-state index contributed by atoms with van der Waals surface area (Å²) in [7, 11) is 0. The van der Waals surface area contributed by atoms with Gasteiger partial charge < -0.3 is 15.2 Å². The molecule has 3 rings (SSSR count). The molecule has 0 aliphatic rings. The standard InChI is InChI=1S/C20H21BrN2O2/c1-13(2)24-16-5-7-19(17(21)12-16)25-20-8-4-15-11-14(9-10-22)3-6-18(15)23-20/h3-8,11-13H,9-10,22H2,1-2H3. The summed E-state index contributed by atoms with van der Waals surface area (Å²) < 4.78 is 12.4. The second kappa shape index (κ2) is 7.85. The molecule has 0 aliphatic heterocycles. The SMILES string of the molecule is CC(C)Oc1ccc(Oc2ccc3cc(CCN)ccc3n2)c(Br)c1. The van der Waals surface area contributed by atoms with Crippen LogP contribution in [0.4, 0.5) is 0 Å². The predicted molar refractivity (Wildman–Crippen MR) is 104 cm³/mol. The zero-order valence-electron chi connectivity index (χ0n) is 14.3. The third kappa shape index (κ3) is 4.50. The van der Waals surface area contributed by atoms with Crippen molar-refractivity contribution in [2.45, 2.75) is 26.4 Å². The molecule has 130 valence electrons. The normalized spacial score (nSPS) is 11.1. The third-order valence-corrected chi connectivity index (χ3v) is 4.27. The molecule has 1 heterocycles. The van der Waals surface area contributed by atoms with E-state index in [9.17, 15) is 0 Å². The van der Waals surface area contributed by atoms with Crippen LogP contribution in [-0.2, 0) is 6.42 Å². The molecular weight excluding hydrogens is 380 g/mol. The summed E-state index contributed by atoms with van der Waals surface area (Å²) in [5.74, 6) is 2.05. The lowest BCUT2D eigenvalue weighted by atomic mass is 10.1. The number of rotatable bonds is 6. The highest BCUT2D eigenvalue weighted by molar-refractivity contribution is 9.10. The Morgan fingerprint density at radius 1 is 1.08 bits per heavy atom. The molecule has 5 heteroatoms. The monoisotopic (exact) mass is 400 g/mol. The van der Waals surface area contributed by atoms with E-state index in [0.717, 1.165) is 27.5 Å². The Morgan fingerprint density at radius 2 is 1.92 bits per heavy atom. The number of nitrogens with two attached hydrogens (primary N) is 1. The summed E-state index contributed by atoms with van der Waals surface area (Å²) in [6, 6.07) is 15.7. The quantitative estimate of drug-likeness (QED) is 0.626. The van der Waals surface area contributed by atoms with Crippen molar-refractivity contribution in [2.24, 2.45) is 5.73 Å². The van der Waals surface area contributed by atoms with Crippen LogP contribution in [0.25, 0.3) is 10.9 Å². The van der Waals surface area contributed by atoms with Gasteiger partial charge >= 0.3 is 0 Å². The van der Waals surface area contributed by atoms with Gasteiger partial charge in [-0.1, -0.05) is 6.07 Å². The molecule has 25 heavy (non-hydrogen) atoms. The zero-order valence-corrected chi connectivity index (χ0v) is 15.9. The summed E-state index contributed by atoms with van der Waals surface area (Å²) in [6.45, 7) is 4.64. The maximum Gasteiger partial charge on any atom is 0.219 e. The molecule has 0 amide bonds. The second-order valence-electron chi connectivity index (χ2n) is 6.08. The Hall–Kier alpha value is -2.11. The molecule has 0 fully saturated rings. The maximum atomic E-state index is 5.92. The van der Waals surface area contributed by atoms with Gasteiger partial charge in [-0.15, -0.1) is 0 Å². The molecule has 0 aliphatic carbocycles. The maximum absolute atomic E-state index is 5.92.